The molecule has 4 bridgehead atoms. The van der Waals surface area contributed by atoms with Gasteiger partial charge in [-0.15, -0.1) is 0 Å². The Morgan fingerprint density at radius 1 is 1.12 bits per heavy atom. The summed E-state index contributed by atoms with van der Waals surface area (Å²) in [6, 6.07) is 9.35. The highest BCUT2D eigenvalue weighted by atomic mass is 16.7. The lowest BCUT2D eigenvalue weighted by molar-refractivity contribution is -0.150. The number of benzene rings is 1. The number of hydrogen-bond acceptors (Lipinski definition) is 5. The van der Waals surface area contributed by atoms with Crippen LogP contribution in [0.4, 0.5) is 0 Å². The van der Waals surface area contributed by atoms with Crippen LogP contribution in [0.15, 0.2) is 36.5 Å². The first kappa shape index (κ1) is 22.9. The molecule has 4 saturated carbocycles. The van der Waals surface area contributed by atoms with Crippen LogP contribution in [0.3, 0.4) is 0 Å². The Bertz CT molecular complexity index is 1080. The number of carboxylic acids is 1. The summed E-state index contributed by atoms with van der Waals surface area (Å²) in [5, 5.41) is 9.06. The summed E-state index contributed by atoms with van der Waals surface area (Å²) in [5.74, 6) is 8.63. The van der Waals surface area contributed by atoms with Crippen LogP contribution in [0.2, 0.25) is 0 Å². The van der Waals surface area contributed by atoms with Crippen molar-refractivity contribution < 1.29 is 24.1 Å². The van der Waals surface area contributed by atoms with Gasteiger partial charge in [0.05, 0.1) is 5.56 Å². The van der Waals surface area contributed by atoms with Crippen LogP contribution in [-0.2, 0) is 14.9 Å². The normalized spacial score (nSPS) is 27.6. The van der Waals surface area contributed by atoms with Gasteiger partial charge in [-0.05, 0) is 105 Å². The zero-order valence-electron chi connectivity index (χ0n) is 19.8. The van der Waals surface area contributed by atoms with Crippen molar-refractivity contribution in [3.8, 4) is 17.6 Å². The highest BCUT2D eigenvalue weighted by Gasteiger charge is 2.52. The molecule has 34 heavy (non-hydrogen) atoms. The van der Waals surface area contributed by atoms with E-state index >= 15 is 0 Å². The maximum Gasteiger partial charge on any atom is 0.337 e. The Labute approximate surface area is 200 Å². The minimum absolute atomic E-state index is 0.138. The third-order valence-electron chi connectivity index (χ3n) is 7.78. The van der Waals surface area contributed by atoms with Crippen molar-refractivity contribution in [2.75, 3.05) is 13.9 Å². The van der Waals surface area contributed by atoms with E-state index in [2.05, 4.69) is 22.9 Å². The second-order valence-electron chi connectivity index (χ2n) is 10.1. The van der Waals surface area contributed by atoms with Gasteiger partial charge in [0.1, 0.15) is 11.4 Å². The lowest BCUT2D eigenvalue weighted by atomic mass is 9.48. The molecule has 6 heteroatoms. The molecular formula is C28H31NO5. The minimum Gasteiger partial charge on any atom is -0.478 e. The first-order valence-electron chi connectivity index (χ1n) is 12.1. The number of pyridine rings is 1. The van der Waals surface area contributed by atoms with Gasteiger partial charge in [-0.3, -0.25) is 0 Å². The molecule has 4 aliphatic rings. The quantitative estimate of drug-likeness (QED) is 0.462. The maximum absolute atomic E-state index is 11.0. The van der Waals surface area contributed by atoms with Crippen LogP contribution >= 0.6 is 0 Å². The van der Waals surface area contributed by atoms with E-state index in [1.807, 2.05) is 19.1 Å². The van der Waals surface area contributed by atoms with Gasteiger partial charge >= 0.3 is 5.97 Å². The second kappa shape index (κ2) is 9.40. The highest BCUT2D eigenvalue weighted by molar-refractivity contribution is 5.87. The zero-order valence-corrected chi connectivity index (χ0v) is 19.8. The molecule has 2 aromatic rings. The minimum atomic E-state index is -0.994. The van der Waals surface area contributed by atoms with Crippen molar-refractivity contribution in [2.45, 2.75) is 57.2 Å². The molecule has 0 saturated heterocycles. The molecule has 1 N–H and O–H groups in total. The molecule has 4 fully saturated rings. The number of aromatic carboxylic acids is 1. The van der Waals surface area contributed by atoms with E-state index < -0.39 is 5.97 Å². The number of hydrogen-bond donors (Lipinski definition) is 1. The second-order valence-corrected chi connectivity index (χ2v) is 10.1. The van der Waals surface area contributed by atoms with Crippen molar-refractivity contribution in [3.05, 3.63) is 58.9 Å². The first-order chi connectivity index (χ1) is 16.4. The lowest BCUT2D eigenvalue weighted by Crippen LogP contribution is -2.48. The largest absolute Gasteiger partial charge is 0.478 e. The SMILES string of the molecule is COC(C)OCOc1ccc(C#Cc2ccc(C(=O)O)cn2)cc1C12CC3CC(CC(C3)C1)C2. The average molecular weight is 462 g/mol. The molecule has 1 atom stereocenters. The van der Waals surface area contributed by atoms with Gasteiger partial charge in [-0.2, -0.15) is 0 Å². The predicted octanol–water partition coefficient (Wildman–Crippen LogP) is 4.99. The molecule has 1 aromatic heterocycles. The molecule has 0 spiro atoms. The summed E-state index contributed by atoms with van der Waals surface area (Å²) in [6.07, 6.45) is 8.81. The Hall–Kier alpha value is -2.88. The summed E-state index contributed by atoms with van der Waals surface area (Å²) >= 11 is 0. The molecule has 4 aliphatic carbocycles. The molecule has 0 radical (unpaired) electrons. The van der Waals surface area contributed by atoms with Gasteiger partial charge in [-0.1, -0.05) is 5.92 Å². The summed E-state index contributed by atoms with van der Waals surface area (Å²) in [7, 11) is 1.61. The Kier molecular flexibility index (Phi) is 6.33. The van der Waals surface area contributed by atoms with E-state index in [1.165, 1.54) is 56.4 Å². The van der Waals surface area contributed by atoms with Gasteiger partial charge < -0.3 is 19.3 Å². The molecule has 1 heterocycles. The van der Waals surface area contributed by atoms with Crippen LogP contribution in [0.5, 0.6) is 5.75 Å². The molecule has 0 aliphatic heterocycles. The molecule has 178 valence electrons. The first-order valence-corrected chi connectivity index (χ1v) is 12.1. The van der Waals surface area contributed by atoms with E-state index in [-0.39, 0.29) is 24.1 Å². The monoisotopic (exact) mass is 461 g/mol. The number of aromatic nitrogens is 1. The number of carboxylic acid groups (broad SMARTS) is 1. The standard InChI is InChI=1S/C28H31NO5/c1-18(32-2)33-17-34-26-8-4-19(3-6-24-7-5-23(16-29-24)27(30)31)12-25(26)28-13-20-9-21(14-28)11-22(10-20)15-28/h4-5,7-8,12,16,18,20-22H,9-11,13-15,17H2,1-2H3,(H,30,31). The molecule has 1 aromatic carbocycles. The van der Waals surface area contributed by atoms with Gasteiger partial charge in [-0.25, -0.2) is 9.78 Å². The highest BCUT2D eigenvalue weighted by Crippen LogP contribution is 2.61. The van der Waals surface area contributed by atoms with Crippen LogP contribution in [0.25, 0.3) is 0 Å². The van der Waals surface area contributed by atoms with Gasteiger partial charge in [0.25, 0.3) is 0 Å². The van der Waals surface area contributed by atoms with Crippen molar-refractivity contribution in [1.29, 1.82) is 0 Å². The third-order valence-corrected chi connectivity index (χ3v) is 7.78. The summed E-state index contributed by atoms with van der Waals surface area (Å²) in [4.78, 5) is 15.2. The molecule has 1 unspecified atom stereocenters. The van der Waals surface area contributed by atoms with Gasteiger partial charge in [0.15, 0.2) is 13.1 Å². The number of carbonyl (C=O) groups is 1. The molecule has 0 amide bonds. The van der Waals surface area contributed by atoms with Crippen LogP contribution in [0.1, 0.15) is 72.6 Å². The van der Waals surface area contributed by atoms with Crippen molar-refractivity contribution in [2.24, 2.45) is 17.8 Å². The third kappa shape index (κ3) is 4.68. The average Bonchev–Trinajstić information content (AvgIpc) is 2.82. The zero-order chi connectivity index (χ0) is 23.7. The fourth-order valence-corrected chi connectivity index (χ4v) is 6.58. The molecule has 6 nitrogen and oxygen atoms in total. The van der Waals surface area contributed by atoms with E-state index in [1.54, 1.807) is 13.2 Å². The summed E-state index contributed by atoms with van der Waals surface area (Å²) in [5.41, 5.74) is 3.01. The molecular weight excluding hydrogens is 430 g/mol. The van der Waals surface area contributed by atoms with Crippen LogP contribution in [0, 0.1) is 29.6 Å². The number of methoxy groups -OCH3 is 1. The Morgan fingerprint density at radius 2 is 1.82 bits per heavy atom. The van der Waals surface area contributed by atoms with Gasteiger partial charge in [0.2, 0.25) is 0 Å². The van der Waals surface area contributed by atoms with Crippen molar-refractivity contribution in [1.82, 2.24) is 4.98 Å². The van der Waals surface area contributed by atoms with E-state index in [9.17, 15) is 4.79 Å². The fraction of sp³-hybridized carbons (Fsp3) is 0.500. The molecule has 6 rings (SSSR count). The number of nitrogens with zero attached hydrogens (tertiary/aromatic N) is 1. The maximum atomic E-state index is 11.0. The van der Waals surface area contributed by atoms with E-state index in [0.29, 0.717) is 5.69 Å². The van der Waals surface area contributed by atoms with E-state index in [0.717, 1.165) is 29.1 Å². The fourth-order valence-electron chi connectivity index (χ4n) is 6.58. The smallest absolute Gasteiger partial charge is 0.337 e. The Balaban J connectivity index is 1.44. The number of rotatable bonds is 7. The summed E-state index contributed by atoms with van der Waals surface area (Å²) in [6.45, 7) is 1.98. The predicted molar refractivity (Wildman–Crippen MR) is 127 cm³/mol. The van der Waals surface area contributed by atoms with Crippen molar-refractivity contribution in [3.63, 3.8) is 0 Å². The van der Waals surface area contributed by atoms with Crippen LogP contribution < -0.4 is 4.74 Å². The summed E-state index contributed by atoms with van der Waals surface area (Å²) < 4.78 is 16.9. The van der Waals surface area contributed by atoms with Gasteiger partial charge in [0, 0.05) is 24.4 Å². The van der Waals surface area contributed by atoms with E-state index in [4.69, 9.17) is 19.3 Å². The topological polar surface area (TPSA) is 77.9 Å². The van der Waals surface area contributed by atoms with Crippen LogP contribution in [-0.4, -0.2) is 36.3 Å². The number of ether oxygens (including phenoxy) is 3. The Morgan fingerprint density at radius 3 is 2.41 bits per heavy atom. The lowest BCUT2D eigenvalue weighted by Gasteiger charge is -2.57. The van der Waals surface area contributed by atoms with Crippen molar-refractivity contribution >= 4 is 5.97 Å².